The Hall–Kier alpha value is -2.69. The number of carbonyl (C=O) groups excluding carboxylic acids is 1. The van der Waals surface area contributed by atoms with Crippen molar-refractivity contribution in [1.82, 2.24) is 4.90 Å². The maximum Gasteiger partial charge on any atom is 0.242 e. The summed E-state index contributed by atoms with van der Waals surface area (Å²) in [5.41, 5.74) is 7.76. The second-order valence-corrected chi connectivity index (χ2v) is 6.64. The Labute approximate surface area is 153 Å². The molecule has 26 heavy (non-hydrogen) atoms. The van der Waals surface area contributed by atoms with Gasteiger partial charge >= 0.3 is 0 Å². The first-order chi connectivity index (χ1) is 12.2. The molecule has 0 bridgehead atoms. The Balaban J connectivity index is 2.57. The largest absolute Gasteiger partial charge is 0.386 e. The molecule has 0 saturated heterocycles. The van der Waals surface area contributed by atoms with Crippen molar-refractivity contribution >= 4 is 5.91 Å². The number of alkyl halides is 2. The molecule has 1 atom stereocenters. The SMILES string of the molecule is C=C(N)N(C)C(=O)C(C)(c1ccc(CC(F)F)cc1)c1cccc(C)c1. The summed E-state index contributed by atoms with van der Waals surface area (Å²) in [6, 6.07) is 14.4. The molecule has 0 aliphatic carbocycles. The summed E-state index contributed by atoms with van der Waals surface area (Å²) in [7, 11) is 1.57. The third kappa shape index (κ3) is 3.93. The third-order valence-corrected chi connectivity index (χ3v) is 4.68. The highest BCUT2D eigenvalue weighted by Crippen LogP contribution is 2.35. The molecule has 1 unspecified atom stereocenters. The molecule has 5 heteroatoms. The van der Waals surface area contributed by atoms with Crippen LogP contribution in [0.3, 0.4) is 0 Å². The highest BCUT2D eigenvalue weighted by molar-refractivity contribution is 5.92. The summed E-state index contributed by atoms with van der Waals surface area (Å²) < 4.78 is 25.2. The van der Waals surface area contributed by atoms with Gasteiger partial charge in [-0.1, -0.05) is 60.7 Å². The van der Waals surface area contributed by atoms with E-state index in [4.69, 9.17) is 5.73 Å². The molecule has 0 radical (unpaired) electrons. The zero-order chi connectivity index (χ0) is 19.5. The molecule has 0 saturated carbocycles. The summed E-state index contributed by atoms with van der Waals surface area (Å²) >= 11 is 0. The van der Waals surface area contributed by atoms with Gasteiger partial charge in [-0.25, -0.2) is 8.78 Å². The van der Waals surface area contributed by atoms with Crippen molar-refractivity contribution in [3.05, 3.63) is 83.2 Å². The molecule has 2 aromatic rings. The molecule has 0 aliphatic heterocycles. The standard InChI is InChI=1S/C21H24F2N2O/c1-14-6-5-7-18(12-14)21(3,20(26)25(4)15(2)24)17-10-8-16(9-11-17)13-19(22)23/h5-12,19H,2,13,24H2,1,3-4H3. The van der Waals surface area contributed by atoms with Crippen LogP contribution in [-0.2, 0) is 16.6 Å². The molecular formula is C21H24F2N2O. The molecule has 0 aromatic heterocycles. The van der Waals surface area contributed by atoms with Crippen LogP contribution in [0.15, 0.2) is 60.9 Å². The van der Waals surface area contributed by atoms with E-state index in [0.29, 0.717) is 11.1 Å². The van der Waals surface area contributed by atoms with Crippen LogP contribution in [0.5, 0.6) is 0 Å². The number of halogens is 2. The summed E-state index contributed by atoms with van der Waals surface area (Å²) in [5, 5.41) is 0. The van der Waals surface area contributed by atoms with Gasteiger partial charge in [0.15, 0.2) is 0 Å². The number of likely N-dealkylation sites (N-methyl/N-ethyl adjacent to an activating group) is 1. The van der Waals surface area contributed by atoms with Crippen LogP contribution in [0.1, 0.15) is 29.2 Å². The minimum Gasteiger partial charge on any atom is -0.386 e. The lowest BCUT2D eigenvalue weighted by molar-refractivity contribution is -0.132. The van der Waals surface area contributed by atoms with Crippen molar-refractivity contribution in [2.75, 3.05) is 7.05 Å². The summed E-state index contributed by atoms with van der Waals surface area (Å²) in [6.07, 6.45) is -2.72. The smallest absolute Gasteiger partial charge is 0.242 e. The Kier molecular flexibility index (Phi) is 5.80. The number of carbonyl (C=O) groups is 1. The Morgan fingerprint density at radius 1 is 1.19 bits per heavy atom. The fourth-order valence-corrected chi connectivity index (χ4v) is 2.99. The molecule has 2 N–H and O–H groups in total. The number of rotatable bonds is 6. The second-order valence-electron chi connectivity index (χ2n) is 6.64. The number of nitrogens with two attached hydrogens (primary N) is 1. The second kappa shape index (κ2) is 7.68. The highest BCUT2D eigenvalue weighted by atomic mass is 19.3. The number of amides is 1. The van der Waals surface area contributed by atoms with E-state index in [1.807, 2.05) is 38.1 Å². The van der Waals surface area contributed by atoms with E-state index in [1.165, 1.54) is 4.90 Å². The van der Waals surface area contributed by atoms with Crippen molar-refractivity contribution in [2.24, 2.45) is 5.73 Å². The van der Waals surface area contributed by atoms with Gasteiger partial charge in [-0.15, -0.1) is 0 Å². The van der Waals surface area contributed by atoms with E-state index in [0.717, 1.165) is 11.1 Å². The van der Waals surface area contributed by atoms with E-state index >= 15 is 0 Å². The van der Waals surface area contributed by atoms with E-state index in [-0.39, 0.29) is 18.1 Å². The molecule has 138 valence electrons. The zero-order valence-electron chi connectivity index (χ0n) is 15.3. The van der Waals surface area contributed by atoms with Crippen molar-refractivity contribution in [2.45, 2.75) is 32.1 Å². The minimum atomic E-state index is -2.41. The van der Waals surface area contributed by atoms with Crippen molar-refractivity contribution in [3.8, 4) is 0 Å². The van der Waals surface area contributed by atoms with Crippen LogP contribution in [-0.4, -0.2) is 24.3 Å². The molecule has 1 amide bonds. The van der Waals surface area contributed by atoms with Gasteiger partial charge in [-0.05, 0) is 30.5 Å². The van der Waals surface area contributed by atoms with Gasteiger partial charge in [0.25, 0.3) is 0 Å². The first-order valence-electron chi connectivity index (χ1n) is 8.33. The maximum absolute atomic E-state index is 13.2. The van der Waals surface area contributed by atoms with Gasteiger partial charge < -0.3 is 10.6 Å². The summed E-state index contributed by atoms with van der Waals surface area (Å²) in [6.45, 7) is 7.40. The first-order valence-corrected chi connectivity index (χ1v) is 8.33. The predicted molar refractivity (Wildman–Crippen MR) is 99.9 cm³/mol. The number of nitrogens with zero attached hydrogens (tertiary/aromatic N) is 1. The summed E-state index contributed by atoms with van der Waals surface area (Å²) in [5.74, 6) is -0.0968. The minimum absolute atomic E-state index is 0.142. The van der Waals surface area contributed by atoms with E-state index in [9.17, 15) is 13.6 Å². The molecule has 0 spiro atoms. The highest BCUT2D eigenvalue weighted by Gasteiger charge is 2.39. The lowest BCUT2D eigenvalue weighted by atomic mass is 9.74. The quantitative estimate of drug-likeness (QED) is 0.848. The first kappa shape index (κ1) is 19.6. The van der Waals surface area contributed by atoms with Gasteiger partial charge in [0.1, 0.15) is 0 Å². The molecule has 0 aliphatic rings. The fourth-order valence-electron chi connectivity index (χ4n) is 2.99. The number of hydrogen-bond acceptors (Lipinski definition) is 2. The van der Waals surface area contributed by atoms with Gasteiger partial charge in [0.2, 0.25) is 12.3 Å². The van der Waals surface area contributed by atoms with E-state index < -0.39 is 11.8 Å². The summed E-state index contributed by atoms with van der Waals surface area (Å²) in [4.78, 5) is 14.6. The van der Waals surface area contributed by atoms with Crippen molar-refractivity contribution in [1.29, 1.82) is 0 Å². The number of aryl methyl sites for hydroxylation is 1. The van der Waals surface area contributed by atoms with Crippen LogP contribution in [0.25, 0.3) is 0 Å². The lowest BCUT2D eigenvalue weighted by Gasteiger charge is -2.34. The van der Waals surface area contributed by atoms with Gasteiger partial charge in [-0.2, -0.15) is 0 Å². The molecule has 3 nitrogen and oxygen atoms in total. The number of benzene rings is 2. The number of hydrogen-bond donors (Lipinski definition) is 1. The third-order valence-electron chi connectivity index (χ3n) is 4.68. The maximum atomic E-state index is 13.2. The predicted octanol–water partition coefficient (Wildman–Crippen LogP) is 4.00. The zero-order valence-corrected chi connectivity index (χ0v) is 15.3. The van der Waals surface area contributed by atoms with Crippen LogP contribution in [0.2, 0.25) is 0 Å². The van der Waals surface area contributed by atoms with Crippen LogP contribution < -0.4 is 5.73 Å². The molecular weight excluding hydrogens is 334 g/mol. The average Bonchev–Trinajstić information content (AvgIpc) is 2.59. The van der Waals surface area contributed by atoms with Gasteiger partial charge in [0.05, 0.1) is 11.2 Å². The van der Waals surface area contributed by atoms with Crippen LogP contribution in [0.4, 0.5) is 8.78 Å². The Bertz CT molecular complexity index is 802. The molecule has 2 aromatic carbocycles. The van der Waals surface area contributed by atoms with Gasteiger partial charge in [0, 0.05) is 13.5 Å². The fraction of sp³-hybridized carbons (Fsp3) is 0.286. The van der Waals surface area contributed by atoms with Crippen molar-refractivity contribution < 1.29 is 13.6 Å². The van der Waals surface area contributed by atoms with Crippen molar-refractivity contribution in [3.63, 3.8) is 0 Å². The normalized spacial score (nSPS) is 13.3. The van der Waals surface area contributed by atoms with Crippen LogP contribution >= 0.6 is 0 Å². The van der Waals surface area contributed by atoms with E-state index in [1.54, 1.807) is 31.3 Å². The Morgan fingerprint density at radius 3 is 2.31 bits per heavy atom. The van der Waals surface area contributed by atoms with Crippen LogP contribution in [0, 0.1) is 6.92 Å². The monoisotopic (exact) mass is 358 g/mol. The lowest BCUT2D eigenvalue weighted by Crippen LogP contribution is -2.45. The topological polar surface area (TPSA) is 46.3 Å². The molecule has 0 heterocycles. The molecule has 2 rings (SSSR count). The van der Waals surface area contributed by atoms with Gasteiger partial charge in [-0.3, -0.25) is 4.79 Å². The average molecular weight is 358 g/mol. The Morgan fingerprint density at radius 2 is 1.81 bits per heavy atom. The molecule has 0 fully saturated rings. The van der Waals surface area contributed by atoms with E-state index in [2.05, 4.69) is 6.58 Å².